The number of hydrogen-bond donors (Lipinski definition) is 3. The number of carbonyl (C=O) groups excluding carboxylic acids is 3. The molecule has 3 aromatic carbocycles. The van der Waals surface area contributed by atoms with Crippen molar-refractivity contribution in [3.8, 4) is 11.1 Å². The van der Waals surface area contributed by atoms with Gasteiger partial charge in [-0.15, -0.1) is 11.3 Å². The van der Waals surface area contributed by atoms with E-state index in [1.54, 1.807) is 36.7 Å². The summed E-state index contributed by atoms with van der Waals surface area (Å²) in [6, 6.07) is 16.9. The molecule has 5 rings (SSSR count). The van der Waals surface area contributed by atoms with Gasteiger partial charge in [0.15, 0.2) is 5.13 Å². The van der Waals surface area contributed by atoms with Crippen molar-refractivity contribution in [2.75, 3.05) is 5.32 Å². The summed E-state index contributed by atoms with van der Waals surface area (Å²) in [5, 5.41) is 10.7. The number of amides is 3. The fraction of sp³-hybridized carbons (Fsp3) is 0.200. The Morgan fingerprint density at radius 3 is 2.41 bits per heavy atom. The van der Waals surface area contributed by atoms with Crippen molar-refractivity contribution < 1.29 is 18.8 Å². The second-order valence-electron chi connectivity index (χ2n) is 9.54. The van der Waals surface area contributed by atoms with E-state index in [1.165, 1.54) is 23.5 Å². The van der Waals surface area contributed by atoms with Crippen LogP contribution in [0.4, 0.5) is 9.52 Å². The van der Waals surface area contributed by atoms with Gasteiger partial charge < -0.3 is 10.6 Å². The summed E-state index contributed by atoms with van der Waals surface area (Å²) in [4.78, 5) is 43.4. The first-order valence-corrected chi connectivity index (χ1v) is 13.5. The van der Waals surface area contributed by atoms with Crippen molar-refractivity contribution in [3.63, 3.8) is 0 Å². The Bertz CT molecular complexity index is 1540. The summed E-state index contributed by atoms with van der Waals surface area (Å²) in [7, 11) is 0. The molecule has 7 nitrogen and oxygen atoms in total. The van der Waals surface area contributed by atoms with Gasteiger partial charge in [-0.05, 0) is 73.2 Å². The second kappa shape index (κ2) is 11.2. The molecule has 1 fully saturated rings. The third-order valence-electron chi connectivity index (χ3n) is 6.64. The number of anilines is 1. The third kappa shape index (κ3) is 6.04. The van der Waals surface area contributed by atoms with Crippen molar-refractivity contribution in [3.05, 3.63) is 106 Å². The molecule has 198 valence electrons. The average Bonchev–Trinajstić information content (AvgIpc) is 3.61. The van der Waals surface area contributed by atoms with Gasteiger partial charge in [-0.2, -0.15) is 0 Å². The molecule has 3 N–H and O–H groups in total. The van der Waals surface area contributed by atoms with Gasteiger partial charge in [-0.25, -0.2) is 9.37 Å². The summed E-state index contributed by atoms with van der Waals surface area (Å²) in [5.41, 5.74) is 2.62. The molecule has 3 amide bonds. The maximum absolute atomic E-state index is 15.0. The van der Waals surface area contributed by atoms with Crippen LogP contribution in [0.3, 0.4) is 0 Å². The number of nitrogens with one attached hydrogen (secondary N) is 3. The predicted molar refractivity (Wildman–Crippen MR) is 149 cm³/mol. The Labute approximate surface area is 229 Å². The molecule has 1 heterocycles. The van der Waals surface area contributed by atoms with E-state index in [-0.39, 0.29) is 46.2 Å². The van der Waals surface area contributed by atoms with Crippen LogP contribution in [-0.2, 0) is 0 Å². The molecule has 39 heavy (non-hydrogen) atoms. The van der Waals surface area contributed by atoms with Crippen LogP contribution < -0.4 is 16.0 Å². The van der Waals surface area contributed by atoms with E-state index in [0.29, 0.717) is 16.3 Å². The first kappa shape index (κ1) is 26.2. The highest BCUT2D eigenvalue weighted by molar-refractivity contribution is 7.13. The SMILES string of the molecule is Cc1c(F)cc(C(=O)NC2CC2)cc1-c1ccc(C(=O)N[C@H](C)c2ccccc2)cc1C(=O)Nc1nccs1. The van der Waals surface area contributed by atoms with Crippen LogP contribution in [0, 0.1) is 12.7 Å². The van der Waals surface area contributed by atoms with Gasteiger partial charge in [-0.1, -0.05) is 36.4 Å². The van der Waals surface area contributed by atoms with E-state index in [2.05, 4.69) is 20.9 Å². The van der Waals surface area contributed by atoms with E-state index in [0.717, 1.165) is 18.4 Å². The van der Waals surface area contributed by atoms with Crippen molar-refractivity contribution in [1.82, 2.24) is 15.6 Å². The molecule has 1 atom stereocenters. The molecule has 4 aromatic rings. The second-order valence-corrected chi connectivity index (χ2v) is 10.4. The lowest BCUT2D eigenvalue weighted by Crippen LogP contribution is -2.27. The molecule has 1 aliphatic carbocycles. The van der Waals surface area contributed by atoms with Gasteiger partial charge in [0.1, 0.15) is 5.82 Å². The number of benzene rings is 3. The van der Waals surface area contributed by atoms with Crippen LogP contribution in [0.5, 0.6) is 0 Å². The summed E-state index contributed by atoms with van der Waals surface area (Å²) in [6.07, 6.45) is 3.37. The molecule has 0 bridgehead atoms. The van der Waals surface area contributed by atoms with Crippen LogP contribution in [0.25, 0.3) is 11.1 Å². The lowest BCUT2D eigenvalue weighted by Gasteiger charge is -2.17. The zero-order valence-electron chi connectivity index (χ0n) is 21.5. The summed E-state index contributed by atoms with van der Waals surface area (Å²) in [5.74, 6) is -1.78. The molecule has 0 spiro atoms. The molecule has 0 saturated heterocycles. The number of nitrogens with zero attached hydrogens (tertiary/aromatic N) is 1. The van der Waals surface area contributed by atoms with Gasteiger partial charge in [-0.3, -0.25) is 19.7 Å². The number of thiazole rings is 1. The summed E-state index contributed by atoms with van der Waals surface area (Å²) >= 11 is 1.25. The lowest BCUT2D eigenvalue weighted by molar-refractivity contribution is 0.0935. The van der Waals surface area contributed by atoms with Crippen molar-refractivity contribution in [2.45, 2.75) is 38.8 Å². The normalized spacial score (nSPS) is 13.4. The highest BCUT2D eigenvalue weighted by atomic mass is 32.1. The highest BCUT2D eigenvalue weighted by Crippen LogP contribution is 2.32. The molecule has 0 radical (unpaired) electrons. The number of carbonyl (C=O) groups is 3. The monoisotopic (exact) mass is 542 g/mol. The quantitative estimate of drug-likeness (QED) is 0.258. The van der Waals surface area contributed by atoms with E-state index in [9.17, 15) is 14.4 Å². The minimum absolute atomic E-state index is 0.112. The van der Waals surface area contributed by atoms with E-state index >= 15 is 4.39 Å². The smallest absolute Gasteiger partial charge is 0.258 e. The standard InChI is InChI=1S/C30H27FN4O3S/c1-17-24(15-21(16-26(17)31)28(37)34-22-9-10-22)23-11-8-20(14-25(23)29(38)35-30-32-12-13-39-30)27(36)33-18(2)19-6-4-3-5-7-19/h3-8,11-16,18,22H,9-10H2,1-2H3,(H,33,36)(H,34,37)(H,32,35,38)/t18-/m1/s1. The van der Waals surface area contributed by atoms with Crippen LogP contribution in [0.15, 0.2) is 72.2 Å². The fourth-order valence-electron chi connectivity index (χ4n) is 4.25. The minimum Gasteiger partial charge on any atom is -0.349 e. The highest BCUT2D eigenvalue weighted by Gasteiger charge is 2.26. The summed E-state index contributed by atoms with van der Waals surface area (Å²) < 4.78 is 15.0. The Kier molecular flexibility index (Phi) is 7.51. The average molecular weight is 543 g/mol. The van der Waals surface area contributed by atoms with Gasteiger partial charge in [0, 0.05) is 34.3 Å². The van der Waals surface area contributed by atoms with Gasteiger partial charge in [0.2, 0.25) is 0 Å². The molecule has 1 aromatic heterocycles. The molecular formula is C30H27FN4O3S. The zero-order valence-corrected chi connectivity index (χ0v) is 22.3. The number of aromatic nitrogens is 1. The largest absolute Gasteiger partial charge is 0.349 e. The minimum atomic E-state index is -0.557. The molecule has 1 saturated carbocycles. The topological polar surface area (TPSA) is 100 Å². The fourth-order valence-corrected chi connectivity index (χ4v) is 4.77. The summed E-state index contributed by atoms with van der Waals surface area (Å²) in [6.45, 7) is 3.47. The first-order chi connectivity index (χ1) is 18.8. The third-order valence-corrected chi connectivity index (χ3v) is 7.32. The molecular weight excluding hydrogens is 515 g/mol. The zero-order chi connectivity index (χ0) is 27.5. The predicted octanol–water partition coefficient (Wildman–Crippen LogP) is 5.89. The van der Waals surface area contributed by atoms with E-state index < -0.39 is 11.7 Å². The van der Waals surface area contributed by atoms with Crippen molar-refractivity contribution in [1.29, 1.82) is 0 Å². The Morgan fingerprint density at radius 1 is 0.949 bits per heavy atom. The molecule has 0 aliphatic heterocycles. The Morgan fingerprint density at radius 2 is 1.72 bits per heavy atom. The number of hydrogen-bond acceptors (Lipinski definition) is 5. The van der Waals surface area contributed by atoms with Crippen LogP contribution >= 0.6 is 11.3 Å². The first-order valence-electron chi connectivity index (χ1n) is 12.6. The van der Waals surface area contributed by atoms with E-state index in [4.69, 9.17) is 0 Å². The van der Waals surface area contributed by atoms with Crippen LogP contribution in [0.1, 0.15) is 68.0 Å². The van der Waals surface area contributed by atoms with Crippen LogP contribution in [0.2, 0.25) is 0 Å². The maximum Gasteiger partial charge on any atom is 0.258 e. The van der Waals surface area contributed by atoms with Crippen LogP contribution in [-0.4, -0.2) is 28.7 Å². The Hall–Kier alpha value is -4.37. The maximum atomic E-state index is 15.0. The van der Waals surface area contributed by atoms with E-state index in [1.807, 2.05) is 37.3 Å². The number of rotatable bonds is 8. The Balaban J connectivity index is 1.52. The molecule has 1 aliphatic rings. The van der Waals surface area contributed by atoms with Crippen molar-refractivity contribution in [2.24, 2.45) is 0 Å². The van der Waals surface area contributed by atoms with Gasteiger partial charge in [0.25, 0.3) is 17.7 Å². The van der Waals surface area contributed by atoms with Gasteiger partial charge in [0.05, 0.1) is 6.04 Å². The lowest BCUT2D eigenvalue weighted by atomic mass is 9.91. The van der Waals surface area contributed by atoms with Gasteiger partial charge >= 0.3 is 0 Å². The molecule has 0 unspecified atom stereocenters. The molecule has 9 heteroatoms. The van der Waals surface area contributed by atoms with Crippen molar-refractivity contribution >= 4 is 34.2 Å². The number of halogens is 1.